The van der Waals surface area contributed by atoms with Crippen molar-refractivity contribution in [3.63, 3.8) is 0 Å². The van der Waals surface area contributed by atoms with Crippen molar-refractivity contribution in [3.05, 3.63) is 44.4 Å². The van der Waals surface area contributed by atoms with Crippen LogP contribution in [-0.4, -0.2) is 52.9 Å². The van der Waals surface area contributed by atoms with Gasteiger partial charge in [0.2, 0.25) is 0 Å². The molecule has 0 saturated heterocycles. The van der Waals surface area contributed by atoms with E-state index in [1.165, 1.54) is 33.1 Å². The maximum atomic E-state index is 12.7. The number of ketones is 1. The Hall–Kier alpha value is -1.55. The third-order valence-corrected chi connectivity index (χ3v) is 6.31. The molecule has 2 rings (SSSR count). The molecule has 1 aromatic rings. The van der Waals surface area contributed by atoms with Gasteiger partial charge in [0.05, 0.1) is 18.6 Å². The van der Waals surface area contributed by atoms with Gasteiger partial charge in [0.25, 0.3) is 0 Å². The highest BCUT2D eigenvalue weighted by Crippen LogP contribution is 2.46. The first-order valence-corrected chi connectivity index (χ1v) is 10.4. The monoisotopic (exact) mass is 532 g/mol. The minimum atomic E-state index is -1.91. The highest BCUT2D eigenvalue weighted by molar-refractivity contribution is 9.11. The molecule has 0 amide bonds. The summed E-state index contributed by atoms with van der Waals surface area (Å²) in [7, 11) is 1.18. The Labute approximate surface area is 185 Å². The first-order chi connectivity index (χ1) is 13.5. The zero-order chi connectivity index (χ0) is 22.1. The molecule has 2 N–H and O–H groups in total. The fourth-order valence-corrected chi connectivity index (χ4v) is 5.10. The summed E-state index contributed by atoms with van der Waals surface area (Å²) in [5, 5.41) is 22.0. The van der Waals surface area contributed by atoms with Crippen molar-refractivity contribution in [3.8, 4) is 0 Å². The lowest BCUT2D eigenvalue weighted by molar-refractivity contribution is -0.138. The SMILES string of the molecule is C/C=C(/C(=O)OC)[C@H]1[C@H](O)[C@H](OC(=O)c2ccc(Br)cc2Br)[C@](C)(O)[C@H]1C(C)=O. The molecule has 1 aliphatic rings. The van der Waals surface area contributed by atoms with Crippen molar-refractivity contribution in [2.75, 3.05) is 7.11 Å². The standard InChI is InChI=1S/C20H22Br2O7/c1-5-11(18(25)28-4)14-15(9(2)23)20(3,27)17(16(14)24)29-19(26)12-7-6-10(21)8-13(12)22/h5-8,14-17,24,27H,1-4H3/b11-5+/t14-,15+,16+,17+,20-/m1/s1. The minimum absolute atomic E-state index is 0.0313. The molecule has 158 valence electrons. The van der Waals surface area contributed by atoms with Crippen LogP contribution in [0.5, 0.6) is 0 Å². The van der Waals surface area contributed by atoms with E-state index in [9.17, 15) is 24.6 Å². The molecular weight excluding hydrogens is 512 g/mol. The largest absolute Gasteiger partial charge is 0.466 e. The topological polar surface area (TPSA) is 110 Å². The number of carbonyl (C=O) groups excluding carboxylic acids is 3. The van der Waals surface area contributed by atoms with E-state index < -0.39 is 47.4 Å². The molecule has 0 unspecified atom stereocenters. The van der Waals surface area contributed by atoms with E-state index in [1.807, 2.05) is 0 Å². The normalized spacial score (nSPS) is 29.4. The number of rotatable bonds is 5. The number of methoxy groups -OCH3 is 1. The fraction of sp³-hybridized carbons (Fsp3) is 0.450. The predicted molar refractivity (Wildman–Crippen MR) is 111 cm³/mol. The third-order valence-electron chi connectivity index (χ3n) is 5.16. The van der Waals surface area contributed by atoms with Crippen molar-refractivity contribution in [2.45, 2.75) is 38.6 Å². The average Bonchev–Trinajstić information content (AvgIpc) is 2.82. The van der Waals surface area contributed by atoms with Gasteiger partial charge in [-0.2, -0.15) is 0 Å². The quantitative estimate of drug-likeness (QED) is 0.442. The van der Waals surface area contributed by atoms with Crippen LogP contribution in [0.15, 0.2) is 38.8 Å². The second kappa shape index (κ2) is 9.07. The van der Waals surface area contributed by atoms with Crippen molar-refractivity contribution >= 4 is 49.6 Å². The maximum Gasteiger partial charge on any atom is 0.339 e. The number of hydrogen-bond acceptors (Lipinski definition) is 7. The van der Waals surface area contributed by atoms with Gasteiger partial charge in [0.1, 0.15) is 17.5 Å². The van der Waals surface area contributed by atoms with Crippen LogP contribution in [0.25, 0.3) is 0 Å². The number of halogens is 2. The lowest BCUT2D eigenvalue weighted by Gasteiger charge is -2.30. The fourth-order valence-electron chi connectivity index (χ4n) is 3.89. The van der Waals surface area contributed by atoms with Gasteiger partial charge < -0.3 is 19.7 Å². The lowest BCUT2D eigenvalue weighted by Crippen LogP contribution is -2.47. The number of ether oxygens (including phenoxy) is 2. The summed E-state index contributed by atoms with van der Waals surface area (Å²) in [6.45, 7) is 4.11. The minimum Gasteiger partial charge on any atom is -0.466 e. The van der Waals surface area contributed by atoms with E-state index in [0.29, 0.717) is 4.47 Å². The van der Waals surface area contributed by atoms with Crippen LogP contribution in [-0.2, 0) is 19.1 Å². The van der Waals surface area contributed by atoms with Crippen LogP contribution < -0.4 is 0 Å². The summed E-state index contributed by atoms with van der Waals surface area (Å²) in [5.74, 6) is -4.25. The predicted octanol–water partition coefficient (Wildman–Crippen LogP) is 2.80. The summed E-state index contributed by atoms with van der Waals surface area (Å²) in [5.41, 5.74) is -1.70. The number of Topliss-reactive ketones (excluding diaryl/α,β-unsaturated/α-hetero) is 1. The van der Waals surface area contributed by atoms with E-state index >= 15 is 0 Å². The smallest absolute Gasteiger partial charge is 0.339 e. The van der Waals surface area contributed by atoms with Crippen LogP contribution in [0.4, 0.5) is 0 Å². The summed E-state index contributed by atoms with van der Waals surface area (Å²) in [6, 6.07) is 4.80. The van der Waals surface area contributed by atoms with Crippen molar-refractivity contribution in [2.24, 2.45) is 11.8 Å². The Morgan fingerprint density at radius 1 is 1.24 bits per heavy atom. The zero-order valence-electron chi connectivity index (χ0n) is 16.3. The van der Waals surface area contributed by atoms with Gasteiger partial charge >= 0.3 is 11.9 Å². The van der Waals surface area contributed by atoms with Gasteiger partial charge in [-0.05, 0) is 54.9 Å². The number of allylic oxidation sites excluding steroid dienone is 1. The van der Waals surface area contributed by atoms with E-state index in [1.54, 1.807) is 19.1 Å². The number of aliphatic hydroxyl groups is 2. The third kappa shape index (κ3) is 4.47. The van der Waals surface area contributed by atoms with Gasteiger partial charge in [-0.15, -0.1) is 0 Å². The molecule has 29 heavy (non-hydrogen) atoms. The van der Waals surface area contributed by atoms with Crippen LogP contribution in [0.2, 0.25) is 0 Å². The maximum absolute atomic E-state index is 12.7. The number of benzene rings is 1. The first-order valence-electron chi connectivity index (χ1n) is 8.78. The molecule has 5 atom stereocenters. The molecular formula is C20H22Br2O7. The van der Waals surface area contributed by atoms with Crippen LogP contribution in [0, 0.1) is 11.8 Å². The molecule has 0 radical (unpaired) electrons. The summed E-state index contributed by atoms with van der Waals surface area (Å²) < 4.78 is 11.4. The van der Waals surface area contributed by atoms with Crippen LogP contribution >= 0.6 is 31.9 Å². The first kappa shape index (κ1) is 23.7. The van der Waals surface area contributed by atoms with Gasteiger partial charge in [-0.1, -0.05) is 22.0 Å². The van der Waals surface area contributed by atoms with E-state index in [0.717, 1.165) is 4.47 Å². The van der Waals surface area contributed by atoms with Gasteiger partial charge in [-0.3, -0.25) is 4.79 Å². The molecule has 0 bridgehead atoms. The lowest BCUT2D eigenvalue weighted by atomic mass is 9.79. The molecule has 7 nitrogen and oxygen atoms in total. The molecule has 0 heterocycles. The molecule has 1 saturated carbocycles. The van der Waals surface area contributed by atoms with Crippen LogP contribution in [0.3, 0.4) is 0 Å². The molecule has 0 aromatic heterocycles. The molecule has 0 spiro atoms. The average molecular weight is 534 g/mol. The van der Waals surface area contributed by atoms with Gasteiger partial charge in [-0.25, -0.2) is 9.59 Å². The van der Waals surface area contributed by atoms with Crippen molar-refractivity contribution < 1.29 is 34.1 Å². The number of aliphatic hydroxyl groups excluding tert-OH is 1. The summed E-state index contributed by atoms with van der Waals surface area (Å²) in [6.07, 6.45) is -1.52. The van der Waals surface area contributed by atoms with E-state index in [-0.39, 0.29) is 11.1 Å². The van der Waals surface area contributed by atoms with E-state index in [2.05, 4.69) is 31.9 Å². The van der Waals surface area contributed by atoms with Crippen LogP contribution in [0.1, 0.15) is 31.1 Å². The van der Waals surface area contributed by atoms with Crippen molar-refractivity contribution in [1.82, 2.24) is 0 Å². The number of hydrogen-bond donors (Lipinski definition) is 2. The Kier molecular flexibility index (Phi) is 7.42. The second-order valence-electron chi connectivity index (χ2n) is 7.02. The van der Waals surface area contributed by atoms with E-state index in [4.69, 9.17) is 9.47 Å². The summed E-state index contributed by atoms with van der Waals surface area (Å²) >= 11 is 6.56. The second-order valence-corrected chi connectivity index (χ2v) is 8.79. The van der Waals surface area contributed by atoms with Gasteiger partial charge in [0, 0.05) is 20.4 Å². The Bertz CT molecular complexity index is 862. The Morgan fingerprint density at radius 2 is 1.86 bits per heavy atom. The molecule has 1 aliphatic carbocycles. The molecule has 0 aliphatic heterocycles. The Morgan fingerprint density at radius 3 is 2.34 bits per heavy atom. The number of carbonyl (C=O) groups is 3. The Balaban J connectivity index is 2.45. The summed E-state index contributed by atoms with van der Waals surface area (Å²) in [4.78, 5) is 37.2. The zero-order valence-corrected chi connectivity index (χ0v) is 19.5. The molecule has 1 fully saturated rings. The van der Waals surface area contributed by atoms with Gasteiger partial charge in [0.15, 0.2) is 6.10 Å². The highest BCUT2D eigenvalue weighted by Gasteiger charge is 2.62. The highest BCUT2D eigenvalue weighted by atomic mass is 79.9. The number of esters is 2. The molecule has 9 heteroatoms. The van der Waals surface area contributed by atoms with Crippen molar-refractivity contribution in [1.29, 1.82) is 0 Å². The molecule has 1 aromatic carbocycles.